The van der Waals surface area contributed by atoms with Crippen LogP contribution in [0.1, 0.15) is 18.9 Å². The molecule has 0 spiro atoms. The Bertz CT molecular complexity index is 834. The van der Waals surface area contributed by atoms with Crippen LogP contribution >= 0.6 is 22.6 Å². The number of hydrogen-bond acceptors (Lipinski definition) is 3. The number of halogens is 1. The summed E-state index contributed by atoms with van der Waals surface area (Å²) in [6, 6.07) is 13.6. The van der Waals surface area contributed by atoms with Crippen molar-refractivity contribution in [2.75, 3.05) is 15.9 Å². The van der Waals surface area contributed by atoms with Gasteiger partial charge in [0, 0.05) is 9.26 Å². The first kappa shape index (κ1) is 19.7. The minimum atomic E-state index is -3.61. The molecule has 1 atom stereocenters. The fourth-order valence-electron chi connectivity index (χ4n) is 2.51. The highest BCUT2D eigenvalue weighted by Crippen LogP contribution is 2.24. The molecule has 0 heterocycles. The minimum absolute atomic E-state index is 0.352. The number of anilines is 2. The summed E-state index contributed by atoms with van der Waals surface area (Å²) in [5.74, 6) is -0.352. The molecule has 0 aliphatic heterocycles. The molecule has 0 saturated carbocycles. The van der Waals surface area contributed by atoms with Crippen molar-refractivity contribution < 1.29 is 13.2 Å². The van der Waals surface area contributed by atoms with Gasteiger partial charge in [-0.3, -0.25) is 9.10 Å². The van der Waals surface area contributed by atoms with Gasteiger partial charge in [0.15, 0.2) is 0 Å². The van der Waals surface area contributed by atoms with Crippen molar-refractivity contribution in [2.45, 2.75) is 26.3 Å². The third-order valence-electron chi connectivity index (χ3n) is 3.73. The molecule has 0 aliphatic carbocycles. The lowest BCUT2D eigenvalue weighted by Crippen LogP contribution is -2.47. The first-order valence-corrected chi connectivity index (χ1v) is 10.8. The molecule has 2 aromatic carbocycles. The largest absolute Gasteiger partial charge is 0.324 e. The second kappa shape index (κ2) is 8.18. The van der Waals surface area contributed by atoms with Crippen molar-refractivity contribution in [3.05, 3.63) is 57.7 Å². The maximum Gasteiger partial charge on any atom is 0.248 e. The van der Waals surface area contributed by atoms with E-state index in [0.717, 1.165) is 15.4 Å². The second-order valence-corrected chi connectivity index (χ2v) is 8.92. The number of aryl methyl sites for hydroxylation is 1. The first-order chi connectivity index (χ1) is 11.7. The molecule has 2 rings (SSSR count). The molecule has 5 nitrogen and oxygen atoms in total. The van der Waals surface area contributed by atoms with Crippen molar-refractivity contribution in [3.8, 4) is 0 Å². The smallest absolute Gasteiger partial charge is 0.248 e. The molecule has 0 saturated heterocycles. The fourth-order valence-corrected chi connectivity index (χ4v) is 4.08. The van der Waals surface area contributed by atoms with Gasteiger partial charge >= 0.3 is 0 Å². The maximum atomic E-state index is 12.7. The highest BCUT2D eigenvalue weighted by Gasteiger charge is 2.31. The van der Waals surface area contributed by atoms with Crippen LogP contribution in [0.2, 0.25) is 0 Å². The van der Waals surface area contributed by atoms with E-state index in [4.69, 9.17) is 0 Å². The number of benzene rings is 2. The lowest BCUT2D eigenvalue weighted by atomic mass is 10.1. The van der Waals surface area contributed by atoms with Gasteiger partial charge in [-0.15, -0.1) is 0 Å². The Labute approximate surface area is 162 Å². The molecule has 1 N–H and O–H groups in total. The number of hydrogen-bond donors (Lipinski definition) is 1. The average Bonchev–Trinajstić information content (AvgIpc) is 2.54. The quantitative estimate of drug-likeness (QED) is 0.651. The molecule has 1 unspecified atom stereocenters. The summed E-state index contributed by atoms with van der Waals surface area (Å²) >= 11 is 2.18. The highest BCUT2D eigenvalue weighted by atomic mass is 127. The number of nitrogens with zero attached hydrogens (tertiary/aromatic N) is 1. The molecule has 25 heavy (non-hydrogen) atoms. The first-order valence-electron chi connectivity index (χ1n) is 7.85. The molecule has 2 aromatic rings. The molecular formula is C18H21IN2O3S. The molecule has 0 bridgehead atoms. The third kappa shape index (κ3) is 5.18. The molecule has 0 aromatic heterocycles. The van der Waals surface area contributed by atoms with E-state index >= 15 is 0 Å². The van der Waals surface area contributed by atoms with E-state index in [-0.39, 0.29) is 5.91 Å². The van der Waals surface area contributed by atoms with Gasteiger partial charge in [0.1, 0.15) is 6.04 Å². The van der Waals surface area contributed by atoms with E-state index in [1.54, 1.807) is 31.2 Å². The predicted octanol–water partition coefficient (Wildman–Crippen LogP) is 3.78. The SMILES string of the molecule is CCC(C(=O)Nc1ccc(I)cc1)N(c1ccc(C)cc1)S(C)(=O)=O. The zero-order valence-corrected chi connectivity index (χ0v) is 17.3. The van der Waals surface area contributed by atoms with Gasteiger partial charge in [0.25, 0.3) is 0 Å². The molecule has 0 aliphatic rings. The Morgan fingerprint density at radius 1 is 1.12 bits per heavy atom. The Hall–Kier alpha value is -1.61. The molecule has 0 radical (unpaired) electrons. The van der Waals surface area contributed by atoms with E-state index in [9.17, 15) is 13.2 Å². The van der Waals surface area contributed by atoms with Crippen molar-refractivity contribution in [3.63, 3.8) is 0 Å². The van der Waals surface area contributed by atoms with E-state index in [2.05, 4.69) is 27.9 Å². The van der Waals surface area contributed by atoms with Crippen LogP contribution in [-0.2, 0) is 14.8 Å². The van der Waals surface area contributed by atoms with Gasteiger partial charge in [-0.05, 0) is 72.3 Å². The molecule has 7 heteroatoms. The fraction of sp³-hybridized carbons (Fsp3) is 0.278. The van der Waals surface area contributed by atoms with Gasteiger partial charge in [-0.25, -0.2) is 8.42 Å². The number of carbonyl (C=O) groups is 1. The summed E-state index contributed by atoms with van der Waals surface area (Å²) in [5, 5.41) is 2.81. The van der Waals surface area contributed by atoms with E-state index < -0.39 is 16.1 Å². The Morgan fingerprint density at radius 3 is 2.16 bits per heavy atom. The third-order valence-corrected chi connectivity index (χ3v) is 5.63. The van der Waals surface area contributed by atoms with E-state index in [0.29, 0.717) is 17.8 Å². The van der Waals surface area contributed by atoms with Gasteiger partial charge in [-0.2, -0.15) is 0 Å². The summed E-state index contributed by atoms with van der Waals surface area (Å²) in [7, 11) is -3.61. The summed E-state index contributed by atoms with van der Waals surface area (Å²) in [6.45, 7) is 3.72. The van der Waals surface area contributed by atoms with E-state index in [1.165, 1.54) is 4.31 Å². The number of carbonyl (C=O) groups excluding carboxylic acids is 1. The van der Waals surface area contributed by atoms with Gasteiger partial charge in [0.05, 0.1) is 11.9 Å². The Morgan fingerprint density at radius 2 is 1.68 bits per heavy atom. The highest BCUT2D eigenvalue weighted by molar-refractivity contribution is 14.1. The van der Waals surface area contributed by atoms with Crippen molar-refractivity contribution in [1.82, 2.24) is 0 Å². The van der Waals surface area contributed by atoms with Crippen LogP contribution in [0.5, 0.6) is 0 Å². The van der Waals surface area contributed by atoms with Crippen LogP contribution < -0.4 is 9.62 Å². The van der Waals surface area contributed by atoms with Crippen LogP contribution in [-0.4, -0.2) is 26.6 Å². The summed E-state index contributed by atoms with van der Waals surface area (Å²) in [6.07, 6.45) is 1.48. The second-order valence-electron chi connectivity index (χ2n) is 5.81. The minimum Gasteiger partial charge on any atom is -0.324 e. The van der Waals surface area contributed by atoms with Crippen molar-refractivity contribution in [2.24, 2.45) is 0 Å². The number of nitrogens with one attached hydrogen (secondary N) is 1. The zero-order valence-electron chi connectivity index (χ0n) is 14.4. The normalized spacial score (nSPS) is 12.5. The topological polar surface area (TPSA) is 66.5 Å². The van der Waals surface area contributed by atoms with Crippen LogP contribution in [0, 0.1) is 10.5 Å². The van der Waals surface area contributed by atoms with Crippen molar-refractivity contribution in [1.29, 1.82) is 0 Å². The van der Waals surface area contributed by atoms with Crippen LogP contribution in [0.4, 0.5) is 11.4 Å². The standard InChI is InChI=1S/C18H21IN2O3S/c1-4-17(18(22)20-15-9-7-14(19)8-10-15)21(25(3,23)24)16-11-5-13(2)6-12-16/h5-12,17H,4H2,1-3H3,(H,20,22). The predicted molar refractivity (Wildman–Crippen MR) is 110 cm³/mol. The zero-order chi connectivity index (χ0) is 18.6. The number of amides is 1. The molecule has 1 amide bonds. The van der Waals surface area contributed by atoms with Crippen LogP contribution in [0.3, 0.4) is 0 Å². The number of rotatable bonds is 6. The maximum absolute atomic E-state index is 12.7. The van der Waals surface area contributed by atoms with Gasteiger partial charge in [0.2, 0.25) is 15.9 Å². The van der Waals surface area contributed by atoms with E-state index in [1.807, 2.05) is 31.2 Å². The number of sulfonamides is 1. The van der Waals surface area contributed by atoms with Crippen LogP contribution in [0.25, 0.3) is 0 Å². The lowest BCUT2D eigenvalue weighted by molar-refractivity contribution is -0.117. The van der Waals surface area contributed by atoms with Crippen molar-refractivity contribution >= 4 is 49.9 Å². The molecule has 0 fully saturated rings. The lowest BCUT2D eigenvalue weighted by Gasteiger charge is -2.30. The average molecular weight is 472 g/mol. The van der Waals surface area contributed by atoms with Gasteiger partial charge in [-0.1, -0.05) is 24.6 Å². The van der Waals surface area contributed by atoms with Gasteiger partial charge < -0.3 is 5.32 Å². The molecule has 134 valence electrons. The monoisotopic (exact) mass is 472 g/mol. The Kier molecular flexibility index (Phi) is 6.45. The summed E-state index contributed by atoms with van der Waals surface area (Å²) in [5.41, 5.74) is 2.15. The summed E-state index contributed by atoms with van der Waals surface area (Å²) < 4.78 is 27.0. The molecular weight excluding hydrogens is 451 g/mol. The van der Waals surface area contributed by atoms with Crippen LogP contribution in [0.15, 0.2) is 48.5 Å². The Balaban J connectivity index is 2.34. The summed E-state index contributed by atoms with van der Waals surface area (Å²) in [4.78, 5) is 12.7.